The van der Waals surface area contributed by atoms with Crippen LogP contribution < -0.4 is 10.2 Å². The highest BCUT2D eigenvalue weighted by atomic mass is 15.2. The van der Waals surface area contributed by atoms with Crippen molar-refractivity contribution in [2.45, 2.75) is 33.2 Å². The van der Waals surface area contributed by atoms with E-state index in [1.165, 1.54) is 6.42 Å². The fraction of sp³-hybridized carbons (Fsp3) is 0.714. The number of hydrogen-bond donors (Lipinski definition) is 1. The van der Waals surface area contributed by atoms with E-state index >= 15 is 0 Å². The fourth-order valence-corrected chi connectivity index (χ4v) is 2.14. The van der Waals surface area contributed by atoms with Gasteiger partial charge in [0, 0.05) is 20.1 Å². The molecule has 0 bridgehead atoms. The van der Waals surface area contributed by atoms with Gasteiger partial charge >= 0.3 is 0 Å². The van der Waals surface area contributed by atoms with E-state index in [0.717, 1.165) is 49.4 Å². The molecule has 1 aromatic heterocycles. The summed E-state index contributed by atoms with van der Waals surface area (Å²) in [5.74, 6) is 2.72. The molecule has 1 saturated carbocycles. The first-order valence-corrected chi connectivity index (χ1v) is 6.95. The molecular formula is C14H24N4. The van der Waals surface area contributed by atoms with E-state index in [0.29, 0.717) is 0 Å². The molecule has 0 spiro atoms. The van der Waals surface area contributed by atoms with Gasteiger partial charge in [-0.15, -0.1) is 5.10 Å². The lowest BCUT2D eigenvalue weighted by Crippen LogP contribution is -2.22. The summed E-state index contributed by atoms with van der Waals surface area (Å²) >= 11 is 0. The van der Waals surface area contributed by atoms with Crippen LogP contribution >= 0.6 is 0 Å². The number of aromatic nitrogens is 2. The molecule has 0 saturated heterocycles. The Labute approximate surface area is 110 Å². The normalized spacial score (nSPS) is 21.9. The number of nitrogens with one attached hydrogen (secondary N) is 1. The van der Waals surface area contributed by atoms with E-state index in [-0.39, 0.29) is 0 Å². The Morgan fingerprint density at radius 1 is 1.39 bits per heavy atom. The Bertz CT molecular complexity index is 363. The van der Waals surface area contributed by atoms with Crippen LogP contribution in [0.2, 0.25) is 0 Å². The van der Waals surface area contributed by atoms with E-state index < -0.39 is 0 Å². The monoisotopic (exact) mass is 248 g/mol. The third kappa shape index (κ3) is 3.67. The van der Waals surface area contributed by atoms with E-state index in [4.69, 9.17) is 0 Å². The predicted molar refractivity (Wildman–Crippen MR) is 74.6 cm³/mol. The maximum Gasteiger partial charge on any atom is 0.150 e. The Hall–Kier alpha value is -1.16. The second-order valence-corrected chi connectivity index (χ2v) is 5.41. The zero-order valence-corrected chi connectivity index (χ0v) is 11.7. The predicted octanol–water partition coefficient (Wildman–Crippen LogP) is 2.07. The quantitative estimate of drug-likeness (QED) is 0.750. The lowest BCUT2D eigenvalue weighted by atomic mass is 10.3. The Balaban J connectivity index is 1.82. The lowest BCUT2D eigenvalue weighted by Gasteiger charge is -2.17. The summed E-state index contributed by atoms with van der Waals surface area (Å²) in [5.41, 5.74) is 1.01. The minimum Gasteiger partial charge on any atom is -0.358 e. The molecule has 0 radical (unpaired) electrons. The van der Waals surface area contributed by atoms with Gasteiger partial charge in [-0.25, -0.2) is 0 Å². The van der Waals surface area contributed by atoms with Crippen molar-refractivity contribution in [2.75, 3.05) is 25.0 Å². The fourth-order valence-electron chi connectivity index (χ4n) is 2.14. The van der Waals surface area contributed by atoms with Crippen molar-refractivity contribution >= 4 is 5.82 Å². The molecule has 2 rings (SSSR count). The number of rotatable bonds is 7. The van der Waals surface area contributed by atoms with Gasteiger partial charge in [-0.2, -0.15) is 5.10 Å². The van der Waals surface area contributed by atoms with Crippen molar-refractivity contribution in [2.24, 2.45) is 11.8 Å². The van der Waals surface area contributed by atoms with Gasteiger partial charge in [-0.1, -0.05) is 13.8 Å². The molecule has 1 fully saturated rings. The molecule has 0 amide bonds. The smallest absolute Gasteiger partial charge is 0.150 e. The van der Waals surface area contributed by atoms with Crippen LogP contribution in [-0.2, 0) is 6.54 Å². The van der Waals surface area contributed by atoms with Crippen LogP contribution in [0.3, 0.4) is 0 Å². The molecule has 0 aromatic carbocycles. The molecule has 100 valence electrons. The molecule has 18 heavy (non-hydrogen) atoms. The molecular weight excluding hydrogens is 224 g/mol. The standard InChI is InChI=1S/C14H24N4/c1-4-7-15-9-13-5-6-14(17-16-13)18(3)10-12-8-11(12)2/h5-6,11-12,15H,4,7-10H2,1-3H3. The zero-order chi connectivity index (χ0) is 13.0. The Morgan fingerprint density at radius 3 is 2.72 bits per heavy atom. The van der Waals surface area contributed by atoms with Crippen LogP contribution in [0.4, 0.5) is 5.82 Å². The van der Waals surface area contributed by atoms with Crippen molar-refractivity contribution in [1.29, 1.82) is 0 Å². The number of hydrogen-bond acceptors (Lipinski definition) is 4. The molecule has 4 heteroatoms. The largest absolute Gasteiger partial charge is 0.358 e. The summed E-state index contributed by atoms with van der Waals surface area (Å²) in [6, 6.07) is 4.14. The van der Waals surface area contributed by atoms with Gasteiger partial charge in [-0.05, 0) is 43.4 Å². The first-order valence-electron chi connectivity index (χ1n) is 6.95. The molecule has 1 aliphatic rings. The Kier molecular flexibility index (Phi) is 4.53. The molecule has 1 aliphatic carbocycles. The highest BCUT2D eigenvalue weighted by molar-refractivity contribution is 5.36. The molecule has 4 nitrogen and oxygen atoms in total. The highest BCUT2D eigenvalue weighted by Crippen LogP contribution is 2.38. The molecule has 1 aromatic rings. The first-order chi connectivity index (χ1) is 8.70. The molecule has 1 heterocycles. The van der Waals surface area contributed by atoms with E-state index in [9.17, 15) is 0 Å². The average Bonchev–Trinajstić information content (AvgIpc) is 3.06. The van der Waals surface area contributed by atoms with Gasteiger partial charge < -0.3 is 10.2 Å². The van der Waals surface area contributed by atoms with Crippen LogP contribution in [0.1, 0.15) is 32.4 Å². The number of anilines is 1. The summed E-state index contributed by atoms with van der Waals surface area (Å²) < 4.78 is 0. The Morgan fingerprint density at radius 2 is 2.17 bits per heavy atom. The minimum atomic E-state index is 0.810. The summed E-state index contributed by atoms with van der Waals surface area (Å²) in [6.07, 6.45) is 2.50. The molecule has 2 atom stereocenters. The van der Waals surface area contributed by atoms with Crippen LogP contribution in [0, 0.1) is 11.8 Å². The second-order valence-electron chi connectivity index (χ2n) is 5.41. The molecule has 1 N–H and O–H groups in total. The summed E-state index contributed by atoms with van der Waals surface area (Å²) in [4.78, 5) is 2.21. The van der Waals surface area contributed by atoms with E-state index in [1.54, 1.807) is 0 Å². The van der Waals surface area contributed by atoms with Gasteiger partial charge in [0.1, 0.15) is 0 Å². The SMILES string of the molecule is CCCNCc1ccc(N(C)CC2CC2C)nn1. The van der Waals surface area contributed by atoms with Crippen molar-refractivity contribution < 1.29 is 0 Å². The van der Waals surface area contributed by atoms with E-state index in [2.05, 4.69) is 53.4 Å². The molecule has 0 aliphatic heterocycles. The summed E-state index contributed by atoms with van der Waals surface area (Å²) in [5, 5.41) is 11.9. The maximum atomic E-state index is 4.30. The number of nitrogens with zero attached hydrogens (tertiary/aromatic N) is 3. The third-order valence-electron chi connectivity index (χ3n) is 3.61. The maximum absolute atomic E-state index is 4.30. The van der Waals surface area contributed by atoms with Gasteiger partial charge in [0.05, 0.1) is 5.69 Å². The van der Waals surface area contributed by atoms with Crippen molar-refractivity contribution in [1.82, 2.24) is 15.5 Å². The van der Waals surface area contributed by atoms with Crippen molar-refractivity contribution in [3.8, 4) is 0 Å². The van der Waals surface area contributed by atoms with Gasteiger partial charge in [0.2, 0.25) is 0 Å². The van der Waals surface area contributed by atoms with Crippen molar-refractivity contribution in [3.63, 3.8) is 0 Å². The van der Waals surface area contributed by atoms with Crippen LogP contribution in [0.15, 0.2) is 12.1 Å². The highest BCUT2D eigenvalue weighted by Gasteiger charge is 2.33. The van der Waals surface area contributed by atoms with E-state index in [1.807, 2.05) is 0 Å². The van der Waals surface area contributed by atoms with Crippen molar-refractivity contribution in [3.05, 3.63) is 17.8 Å². The van der Waals surface area contributed by atoms with Crippen LogP contribution in [-0.4, -0.2) is 30.3 Å². The van der Waals surface area contributed by atoms with Crippen LogP contribution in [0.25, 0.3) is 0 Å². The zero-order valence-electron chi connectivity index (χ0n) is 11.7. The minimum absolute atomic E-state index is 0.810. The molecule has 2 unspecified atom stereocenters. The average molecular weight is 248 g/mol. The van der Waals surface area contributed by atoms with Gasteiger partial charge in [0.15, 0.2) is 5.82 Å². The first kappa shape index (κ1) is 13.3. The third-order valence-corrected chi connectivity index (χ3v) is 3.61. The summed E-state index contributed by atoms with van der Waals surface area (Å²) in [7, 11) is 2.10. The van der Waals surface area contributed by atoms with Gasteiger partial charge in [0.25, 0.3) is 0 Å². The summed E-state index contributed by atoms with van der Waals surface area (Å²) in [6.45, 7) is 7.42. The van der Waals surface area contributed by atoms with Crippen LogP contribution in [0.5, 0.6) is 0 Å². The lowest BCUT2D eigenvalue weighted by molar-refractivity contribution is 0.654. The topological polar surface area (TPSA) is 41.0 Å². The second kappa shape index (κ2) is 6.14. The van der Waals surface area contributed by atoms with Gasteiger partial charge in [-0.3, -0.25) is 0 Å².